The summed E-state index contributed by atoms with van der Waals surface area (Å²) in [7, 11) is 0. The summed E-state index contributed by atoms with van der Waals surface area (Å²) in [6.45, 7) is 8.64. The molecule has 1 saturated heterocycles. The number of amides is 1. The summed E-state index contributed by atoms with van der Waals surface area (Å²) in [6, 6.07) is 27.2. The molecule has 5 rings (SSSR count). The Morgan fingerprint density at radius 2 is 1.61 bits per heavy atom. The molecule has 1 amide bonds. The lowest BCUT2D eigenvalue weighted by atomic mass is 9.82. The van der Waals surface area contributed by atoms with Crippen LogP contribution in [0.4, 0.5) is 0 Å². The lowest BCUT2D eigenvalue weighted by molar-refractivity contribution is 0.0356. The molecule has 0 unspecified atom stereocenters. The molecule has 2 aliphatic heterocycles. The molecule has 4 nitrogen and oxygen atoms in total. The molecule has 1 spiro atoms. The minimum Gasteiger partial charge on any atom is -0.482 e. The van der Waals surface area contributed by atoms with Crippen molar-refractivity contribution in [2.24, 2.45) is 0 Å². The summed E-state index contributed by atoms with van der Waals surface area (Å²) in [5, 5.41) is 0. The maximum atomic E-state index is 12.9. The van der Waals surface area contributed by atoms with Crippen LogP contribution in [0.1, 0.15) is 60.2 Å². The van der Waals surface area contributed by atoms with E-state index in [1.54, 1.807) is 0 Å². The highest BCUT2D eigenvalue weighted by atomic mass is 16.5. The maximum absolute atomic E-state index is 12.9. The number of fused-ring (bicyclic) bond motifs is 1. The number of piperidine rings is 1. The number of benzene rings is 3. The third-order valence-electron chi connectivity index (χ3n) is 7.45. The van der Waals surface area contributed by atoms with Crippen LogP contribution in [-0.2, 0) is 6.54 Å². The van der Waals surface area contributed by atoms with Crippen molar-refractivity contribution in [3.63, 3.8) is 0 Å². The molecule has 1 fully saturated rings. The second kappa shape index (κ2) is 10.7. The van der Waals surface area contributed by atoms with E-state index in [1.807, 2.05) is 24.0 Å². The van der Waals surface area contributed by atoms with Crippen molar-refractivity contribution in [3.05, 3.63) is 107 Å². The second-order valence-corrected chi connectivity index (χ2v) is 9.94. The van der Waals surface area contributed by atoms with E-state index in [0.29, 0.717) is 0 Å². The predicted octanol–water partition coefficient (Wildman–Crippen LogP) is 6.42. The average molecular weight is 481 g/mol. The molecular formula is C32H36N2O2. The number of para-hydroxylation sites is 1. The van der Waals surface area contributed by atoms with E-state index in [0.717, 1.165) is 74.4 Å². The zero-order valence-electron chi connectivity index (χ0n) is 21.5. The molecule has 0 atom stereocenters. The molecule has 2 heterocycles. The van der Waals surface area contributed by atoms with Gasteiger partial charge in [-0.1, -0.05) is 67.6 Å². The van der Waals surface area contributed by atoms with Crippen LogP contribution in [0, 0.1) is 0 Å². The fourth-order valence-corrected chi connectivity index (χ4v) is 5.43. The SMILES string of the molecule is CCCN(CC)C(=O)c1ccc(C2=CC3(CCN(Cc4ccccc4)CC3)Oc3ccccc32)cc1. The number of rotatable bonds is 7. The van der Waals surface area contributed by atoms with Crippen molar-refractivity contribution in [1.29, 1.82) is 0 Å². The van der Waals surface area contributed by atoms with Crippen molar-refractivity contribution in [1.82, 2.24) is 9.80 Å². The number of ether oxygens (including phenoxy) is 1. The van der Waals surface area contributed by atoms with Gasteiger partial charge in [0.25, 0.3) is 5.91 Å². The number of carbonyl (C=O) groups is 1. The summed E-state index contributed by atoms with van der Waals surface area (Å²) >= 11 is 0. The smallest absolute Gasteiger partial charge is 0.253 e. The molecule has 0 saturated carbocycles. The predicted molar refractivity (Wildman–Crippen MR) is 146 cm³/mol. The fraction of sp³-hybridized carbons (Fsp3) is 0.344. The molecule has 0 aliphatic carbocycles. The van der Waals surface area contributed by atoms with Crippen LogP contribution in [0.25, 0.3) is 5.57 Å². The number of nitrogens with zero attached hydrogens (tertiary/aromatic N) is 2. The van der Waals surface area contributed by atoms with Crippen molar-refractivity contribution < 1.29 is 9.53 Å². The lowest BCUT2D eigenvalue weighted by Crippen LogP contribution is -2.47. The van der Waals surface area contributed by atoms with Crippen molar-refractivity contribution in [2.75, 3.05) is 26.2 Å². The normalized spacial score (nSPS) is 16.7. The number of hydrogen-bond acceptors (Lipinski definition) is 3. The number of likely N-dealkylation sites (tertiary alicyclic amines) is 1. The zero-order valence-corrected chi connectivity index (χ0v) is 21.5. The van der Waals surface area contributed by atoms with E-state index in [9.17, 15) is 4.79 Å². The van der Waals surface area contributed by atoms with Gasteiger partial charge in [0, 0.05) is 56.7 Å². The monoisotopic (exact) mass is 480 g/mol. The van der Waals surface area contributed by atoms with Gasteiger partial charge in [0.05, 0.1) is 0 Å². The van der Waals surface area contributed by atoms with Crippen LogP contribution < -0.4 is 4.74 Å². The zero-order chi connectivity index (χ0) is 25.0. The standard InChI is InChI=1S/C32H36N2O2/c1-3-20-34(4-2)31(35)27-16-14-26(15-17-27)29-23-32(36-30-13-9-8-12-28(29)30)18-21-33(22-19-32)24-25-10-6-5-7-11-25/h5-17,23H,3-4,18-22,24H2,1-2H3. The Hall–Kier alpha value is -3.37. The van der Waals surface area contributed by atoms with E-state index < -0.39 is 0 Å². The first-order valence-corrected chi connectivity index (χ1v) is 13.3. The van der Waals surface area contributed by atoms with Gasteiger partial charge in [-0.2, -0.15) is 0 Å². The largest absolute Gasteiger partial charge is 0.482 e. The van der Waals surface area contributed by atoms with Gasteiger partial charge in [-0.25, -0.2) is 0 Å². The summed E-state index contributed by atoms with van der Waals surface area (Å²) in [4.78, 5) is 17.4. The molecule has 0 aromatic heterocycles. The van der Waals surface area contributed by atoms with Gasteiger partial charge >= 0.3 is 0 Å². The maximum Gasteiger partial charge on any atom is 0.253 e. The van der Waals surface area contributed by atoms with Gasteiger partial charge in [-0.15, -0.1) is 0 Å². The van der Waals surface area contributed by atoms with Gasteiger partial charge in [-0.05, 0) is 54.3 Å². The molecular weight excluding hydrogens is 444 g/mol. The van der Waals surface area contributed by atoms with Crippen LogP contribution in [0.3, 0.4) is 0 Å². The molecule has 2 aliphatic rings. The van der Waals surface area contributed by atoms with Crippen molar-refractivity contribution in [3.8, 4) is 5.75 Å². The van der Waals surface area contributed by atoms with Gasteiger partial charge < -0.3 is 9.64 Å². The number of hydrogen-bond donors (Lipinski definition) is 0. The first-order chi connectivity index (χ1) is 17.6. The first-order valence-electron chi connectivity index (χ1n) is 13.3. The summed E-state index contributed by atoms with van der Waals surface area (Å²) < 4.78 is 6.68. The van der Waals surface area contributed by atoms with Crippen LogP contribution in [-0.4, -0.2) is 47.5 Å². The van der Waals surface area contributed by atoms with Gasteiger partial charge in [-0.3, -0.25) is 9.69 Å². The summed E-state index contributed by atoms with van der Waals surface area (Å²) in [5.41, 5.74) is 5.26. The molecule has 0 radical (unpaired) electrons. The van der Waals surface area contributed by atoms with Crippen LogP contribution in [0.2, 0.25) is 0 Å². The molecule has 36 heavy (non-hydrogen) atoms. The molecule has 4 heteroatoms. The van der Waals surface area contributed by atoms with Gasteiger partial charge in [0.1, 0.15) is 11.4 Å². The molecule has 0 N–H and O–H groups in total. The third-order valence-corrected chi connectivity index (χ3v) is 7.45. The quantitative estimate of drug-likeness (QED) is 0.391. The van der Waals surface area contributed by atoms with Gasteiger partial charge in [0.2, 0.25) is 0 Å². The topological polar surface area (TPSA) is 32.8 Å². The van der Waals surface area contributed by atoms with Crippen molar-refractivity contribution >= 4 is 11.5 Å². The Balaban J connectivity index is 1.38. The summed E-state index contributed by atoms with van der Waals surface area (Å²) in [6.07, 6.45) is 5.22. The molecule has 3 aromatic carbocycles. The van der Waals surface area contributed by atoms with Crippen LogP contribution in [0.15, 0.2) is 84.9 Å². The van der Waals surface area contributed by atoms with Crippen LogP contribution >= 0.6 is 0 Å². The summed E-state index contributed by atoms with van der Waals surface area (Å²) in [5.74, 6) is 1.06. The van der Waals surface area contributed by atoms with E-state index in [-0.39, 0.29) is 11.5 Å². The van der Waals surface area contributed by atoms with Gasteiger partial charge in [0.15, 0.2) is 0 Å². The minimum atomic E-state index is -0.300. The molecule has 3 aromatic rings. The Bertz CT molecular complexity index is 1210. The Morgan fingerprint density at radius 3 is 2.31 bits per heavy atom. The fourth-order valence-electron chi connectivity index (χ4n) is 5.43. The second-order valence-electron chi connectivity index (χ2n) is 9.94. The van der Waals surface area contributed by atoms with Crippen molar-refractivity contribution in [2.45, 2.75) is 45.3 Å². The third kappa shape index (κ3) is 5.10. The Kier molecular flexibility index (Phi) is 7.24. The van der Waals surface area contributed by atoms with E-state index in [4.69, 9.17) is 4.74 Å². The van der Waals surface area contributed by atoms with E-state index in [2.05, 4.69) is 84.6 Å². The number of carbonyl (C=O) groups excluding carboxylic acids is 1. The highest BCUT2D eigenvalue weighted by Crippen LogP contribution is 2.43. The minimum absolute atomic E-state index is 0.106. The van der Waals surface area contributed by atoms with E-state index >= 15 is 0 Å². The molecule has 186 valence electrons. The highest BCUT2D eigenvalue weighted by molar-refractivity contribution is 5.95. The Labute approximate surface area is 215 Å². The molecule has 0 bridgehead atoms. The first kappa shape index (κ1) is 24.3. The van der Waals surface area contributed by atoms with Crippen LogP contribution in [0.5, 0.6) is 5.75 Å². The Morgan fingerprint density at radius 1 is 0.917 bits per heavy atom. The van der Waals surface area contributed by atoms with E-state index in [1.165, 1.54) is 11.1 Å². The highest BCUT2D eigenvalue weighted by Gasteiger charge is 2.39. The lowest BCUT2D eigenvalue weighted by Gasteiger charge is -2.43. The average Bonchev–Trinajstić information content (AvgIpc) is 2.93.